The molecule has 80 valence electrons. The van der Waals surface area contributed by atoms with E-state index in [0.717, 1.165) is 6.54 Å². The Morgan fingerprint density at radius 3 is 1.77 bits per heavy atom. The van der Waals surface area contributed by atoms with Crippen molar-refractivity contribution in [1.29, 1.82) is 0 Å². The molecule has 1 nitrogen and oxygen atoms in total. The third-order valence-electron chi connectivity index (χ3n) is 2.11. The fourth-order valence-corrected chi connectivity index (χ4v) is 1.32. The molecule has 0 aliphatic carbocycles. The van der Waals surface area contributed by atoms with Gasteiger partial charge in [0.25, 0.3) is 0 Å². The monoisotopic (exact) mass is 205 g/mol. The Morgan fingerprint density at radius 2 is 1.31 bits per heavy atom. The molecule has 0 fully saturated rings. The SMILES string of the molecule is C=CCCCCCCCCCN.Cl. The van der Waals surface area contributed by atoms with E-state index in [9.17, 15) is 0 Å². The van der Waals surface area contributed by atoms with Crippen LogP contribution in [0.1, 0.15) is 51.4 Å². The molecule has 0 aromatic rings. The van der Waals surface area contributed by atoms with Crippen molar-refractivity contribution in [3.8, 4) is 0 Å². The molecule has 0 spiro atoms. The van der Waals surface area contributed by atoms with Crippen LogP contribution in [0.15, 0.2) is 12.7 Å². The van der Waals surface area contributed by atoms with Crippen LogP contribution in [0.25, 0.3) is 0 Å². The lowest BCUT2D eigenvalue weighted by Crippen LogP contribution is -1.97. The molecule has 0 atom stereocenters. The molecule has 0 radical (unpaired) electrons. The molecule has 0 bridgehead atoms. The fourth-order valence-electron chi connectivity index (χ4n) is 1.32. The zero-order valence-electron chi connectivity index (χ0n) is 8.63. The predicted molar refractivity (Wildman–Crippen MR) is 63.4 cm³/mol. The van der Waals surface area contributed by atoms with E-state index < -0.39 is 0 Å². The van der Waals surface area contributed by atoms with Crippen molar-refractivity contribution < 1.29 is 0 Å². The molecule has 0 aromatic heterocycles. The van der Waals surface area contributed by atoms with Gasteiger partial charge in [0, 0.05) is 0 Å². The maximum absolute atomic E-state index is 5.40. The second-order valence-electron chi connectivity index (χ2n) is 3.34. The average Bonchev–Trinajstić information content (AvgIpc) is 2.10. The zero-order chi connectivity index (χ0) is 9.07. The molecule has 0 saturated heterocycles. The second-order valence-corrected chi connectivity index (χ2v) is 3.34. The Balaban J connectivity index is 0. The van der Waals surface area contributed by atoms with Crippen molar-refractivity contribution in [1.82, 2.24) is 0 Å². The van der Waals surface area contributed by atoms with Crippen molar-refractivity contribution in [2.75, 3.05) is 6.54 Å². The van der Waals surface area contributed by atoms with Gasteiger partial charge in [-0.3, -0.25) is 0 Å². The van der Waals surface area contributed by atoms with Crippen molar-refractivity contribution in [3.63, 3.8) is 0 Å². The molecule has 0 rings (SSSR count). The van der Waals surface area contributed by atoms with E-state index in [1.54, 1.807) is 0 Å². The predicted octanol–water partition coefficient (Wildman–Crippen LogP) is 3.67. The Hall–Kier alpha value is -0.0100. The molecule has 2 heteroatoms. The standard InChI is InChI=1S/C11H23N.ClH/c1-2-3-4-5-6-7-8-9-10-11-12;/h2H,1,3-12H2;1H. The lowest BCUT2D eigenvalue weighted by molar-refractivity contribution is 0.584. The molecule has 0 aliphatic rings. The number of allylic oxidation sites excluding steroid dienone is 1. The zero-order valence-corrected chi connectivity index (χ0v) is 9.45. The first kappa shape index (κ1) is 15.5. The fraction of sp³-hybridized carbons (Fsp3) is 0.818. The van der Waals surface area contributed by atoms with E-state index in [0.29, 0.717) is 0 Å². The lowest BCUT2D eigenvalue weighted by atomic mass is 10.1. The average molecular weight is 206 g/mol. The minimum absolute atomic E-state index is 0. The Kier molecular flexibility index (Phi) is 17.3. The maximum atomic E-state index is 5.40. The minimum atomic E-state index is 0. The van der Waals surface area contributed by atoms with Crippen LogP contribution in [0, 0.1) is 0 Å². The summed E-state index contributed by atoms with van der Waals surface area (Å²) in [6, 6.07) is 0. The minimum Gasteiger partial charge on any atom is -0.330 e. The number of halogens is 1. The summed E-state index contributed by atoms with van der Waals surface area (Å²) < 4.78 is 0. The van der Waals surface area contributed by atoms with E-state index in [-0.39, 0.29) is 12.4 Å². The molecule has 2 N–H and O–H groups in total. The van der Waals surface area contributed by atoms with Crippen LogP contribution in [0.5, 0.6) is 0 Å². The summed E-state index contributed by atoms with van der Waals surface area (Å²) in [5, 5.41) is 0. The smallest absolute Gasteiger partial charge is 0.00773 e. The van der Waals surface area contributed by atoms with Gasteiger partial charge < -0.3 is 5.73 Å². The Morgan fingerprint density at radius 1 is 0.846 bits per heavy atom. The summed E-state index contributed by atoms with van der Waals surface area (Å²) in [5.41, 5.74) is 5.40. The lowest BCUT2D eigenvalue weighted by Gasteiger charge is -1.99. The van der Waals surface area contributed by atoms with Crippen LogP contribution in [0.3, 0.4) is 0 Å². The molecule has 13 heavy (non-hydrogen) atoms. The maximum Gasteiger partial charge on any atom is -0.00773 e. The van der Waals surface area contributed by atoms with Gasteiger partial charge in [0.15, 0.2) is 0 Å². The van der Waals surface area contributed by atoms with Gasteiger partial charge in [-0.25, -0.2) is 0 Å². The molecule has 0 amide bonds. The van der Waals surface area contributed by atoms with Gasteiger partial charge in [-0.05, 0) is 25.8 Å². The number of unbranched alkanes of at least 4 members (excludes halogenated alkanes) is 7. The normalized spacial score (nSPS) is 9.31. The molecule has 0 unspecified atom stereocenters. The number of rotatable bonds is 9. The molecule has 0 heterocycles. The highest BCUT2D eigenvalue weighted by Gasteiger charge is 1.89. The quantitative estimate of drug-likeness (QED) is 0.451. The number of hydrogen-bond donors (Lipinski definition) is 1. The van der Waals surface area contributed by atoms with Crippen molar-refractivity contribution in [2.45, 2.75) is 51.4 Å². The van der Waals surface area contributed by atoms with Gasteiger partial charge in [0.05, 0.1) is 0 Å². The van der Waals surface area contributed by atoms with Crippen LogP contribution in [-0.2, 0) is 0 Å². The van der Waals surface area contributed by atoms with Gasteiger partial charge in [0.2, 0.25) is 0 Å². The Bertz CT molecular complexity index is 94.1. The van der Waals surface area contributed by atoms with E-state index in [4.69, 9.17) is 5.73 Å². The first-order valence-electron chi connectivity index (χ1n) is 5.22. The second kappa shape index (κ2) is 14.5. The summed E-state index contributed by atoms with van der Waals surface area (Å²) in [7, 11) is 0. The Labute approximate surface area is 89.2 Å². The summed E-state index contributed by atoms with van der Waals surface area (Å²) in [5.74, 6) is 0. The van der Waals surface area contributed by atoms with E-state index in [1.165, 1.54) is 51.4 Å². The highest BCUT2D eigenvalue weighted by molar-refractivity contribution is 5.85. The number of nitrogens with two attached hydrogens (primary N) is 1. The first-order chi connectivity index (χ1) is 5.91. The van der Waals surface area contributed by atoms with Crippen LogP contribution < -0.4 is 5.73 Å². The van der Waals surface area contributed by atoms with Gasteiger partial charge in [-0.2, -0.15) is 0 Å². The van der Waals surface area contributed by atoms with E-state index >= 15 is 0 Å². The third kappa shape index (κ3) is 14.8. The van der Waals surface area contributed by atoms with Crippen molar-refractivity contribution in [2.24, 2.45) is 5.73 Å². The molecule has 0 aliphatic heterocycles. The summed E-state index contributed by atoms with van der Waals surface area (Å²) in [6.45, 7) is 4.56. The van der Waals surface area contributed by atoms with Crippen LogP contribution in [0.2, 0.25) is 0 Å². The van der Waals surface area contributed by atoms with Gasteiger partial charge in [-0.1, -0.05) is 38.2 Å². The van der Waals surface area contributed by atoms with Gasteiger partial charge in [-0.15, -0.1) is 19.0 Å². The van der Waals surface area contributed by atoms with E-state index in [2.05, 4.69) is 6.58 Å². The van der Waals surface area contributed by atoms with Crippen LogP contribution in [0.4, 0.5) is 0 Å². The van der Waals surface area contributed by atoms with E-state index in [1.807, 2.05) is 6.08 Å². The highest BCUT2D eigenvalue weighted by atomic mass is 35.5. The van der Waals surface area contributed by atoms with Crippen molar-refractivity contribution >= 4 is 12.4 Å². The largest absolute Gasteiger partial charge is 0.330 e. The first-order valence-corrected chi connectivity index (χ1v) is 5.22. The van der Waals surface area contributed by atoms with Gasteiger partial charge >= 0.3 is 0 Å². The van der Waals surface area contributed by atoms with Crippen molar-refractivity contribution in [3.05, 3.63) is 12.7 Å². The summed E-state index contributed by atoms with van der Waals surface area (Å²) in [4.78, 5) is 0. The summed E-state index contributed by atoms with van der Waals surface area (Å²) >= 11 is 0. The molecule has 0 saturated carbocycles. The summed E-state index contributed by atoms with van der Waals surface area (Å²) in [6.07, 6.45) is 12.5. The van der Waals surface area contributed by atoms with Crippen LogP contribution >= 0.6 is 12.4 Å². The topological polar surface area (TPSA) is 26.0 Å². The molecule has 0 aromatic carbocycles. The highest BCUT2D eigenvalue weighted by Crippen LogP contribution is 2.07. The third-order valence-corrected chi connectivity index (χ3v) is 2.11. The molecular weight excluding hydrogens is 182 g/mol. The number of hydrogen-bond acceptors (Lipinski definition) is 1. The molecular formula is C11H24ClN. The van der Waals surface area contributed by atoms with Gasteiger partial charge in [0.1, 0.15) is 0 Å². The van der Waals surface area contributed by atoms with Crippen LogP contribution in [-0.4, -0.2) is 6.54 Å².